The second-order valence-electron chi connectivity index (χ2n) is 7.34. The Morgan fingerprint density at radius 3 is 2.97 bits per heavy atom. The molecule has 2 aliphatic rings. The van der Waals surface area contributed by atoms with Gasteiger partial charge in [0, 0.05) is 18.7 Å². The Labute approximate surface area is 169 Å². The summed E-state index contributed by atoms with van der Waals surface area (Å²) in [5.41, 5.74) is 1.82. The molecular formula is C21H26N4O4. The van der Waals surface area contributed by atoms with E-state index < -0.39 is 6.04 Å². The highest BCUT2D eigenvalue weighted by atomic mass is 16.5. The number of carbonyl (C=O) groups is 2. The molecule has 1 aromatic heterocycles. The smallest absolute Gasteiger partial charge is 0.248 e. The van der Waals surface area contributed by atoms with Gasteiger partial charge in [-0.15, -0.1) is 0 Å². The quantitative estimate of drug-likeness (QED) is 0.755. The van der Waals surface area contributed by atoms with E-state index >= 15 is 0 Å². The molecule has 2 N–H and O–H groups in total. The second kappa shape index (κ2) is 9.09. The van der Waals surface area contributed by atoms with Gasteiger partial charge in [0.05, 0.1) is 31.1 Å². The highest BCUT2D eigenvalue weighted by molar-refractivity contribution is 5.84. The summed E-state index contributed by atoms with van der Waals surface area (Å²) in [6, 6.07) is 7.04. The minimum Gasteiger partial charge on any atom is -0.493 e. The minimum atomic E-state index is -0.688. The molecule has 2 aromatic rings. The number of rotatable bonds is 2. The first-order chi connectivity index (χ1) is 14.3. The van der Waals surface area contributed by atoms with Crippen molar-refractivity contribution < 1.29 is 19.1 Å². The highest BCUT2D eigenvalue weighted by Crippen LogP contribution is 2.34. The van der Waals surface area contributed by atoms with Gasteiger partial charge in [0.1, 0.15) is 17.6 Å². The Morgan fingerprint density at radius 2 is 2.07 bits per heavy atom. The van der Waals surface area contributed by atoms with Crippen molar-refractivity contribution in [1.29, 1.82) is 0 Å². The fourth-order valence-electron chi connectivity index (χ4n) is 3.94. The van der Waals surface area contributed by atoms with Crippen molar-refractivity contribution in [1.82, 2.24) is 20.2 Å². The van der Waals surface area contributed by atoms with Crippen LogP contribution in [0, 0.1) is 0 Å². The van der Waals surface area contributed by atoms with Crippen molar-refractivity contribution in [2.75, 3.05) is 26.4 Å². The lowest BCUT2D eigenvalue weighted by atomic mass is 10.1. The third kappa shape index (κ3) is 4.27. The number of imidazole rings is 1. The molecule has 4 rings (SSSR count). The fraction of sp³-hybridized carbons (Fsp3) is 0.476. The summed E-state index contributed by atoms with van der Waals surface area (Å²) in [5.74, 6) is 1.43. The van der Waals surface area contributed by atoms with E-state index in [2.05, 4.69) is 15.3 Å². The maximum Gasteiger partial charge on any atom is 0.248 e. The molecule has 1 aromatic carbocycles. The number of ether oxygens (including phenoxy) is 2. The summed E-state index contributed by atoms with van der Waals surface area (Å²) in [6.45, 7) is 1.88. The van der Waals surface area contributed by atoms with Crippen LogP contribution in [-0.2, 0) is 14.3 Å². The molecule has 3 heterocycles. The molecule has 0 radical (unpaired) electrons. The molecule has 0 saturated carbocycles. The first-order valence-electron chi connectivity index (χ1n) is 10.1. The van der Waals surface area contributed by atoms with Crippen LogP contribution in [0.5, 0.6) is 5.75 Å². The van der Waals surface area contributed by atoms with Gasteiger partial charge in [0.2, 0.25) is 12.3 Å². The monoisotopic (exact) mass is 398 g/mol. The van der Waals surface area contributed by atoms with Gasteiger partial charge in [0.25, 0.3) is 0 Å². The number of fused-ring (bicyclic) bond motifs is 6. The molecule has 8 heteroatoms. The summed E-state index contributed by atoms with van der Waals surface area (Å²) in [5, 5.41) is 2.61. The van der Waals surface area contributed by atoms with Crippen LogP contribution in [0.15, 0.2) is 30.5 Å². The first kappa shape index (κ1) is 19.4. The molecule has 0 unspecified atom stereocenters. The van der Waals surface area contributed by atoms with Crippen LogP contribution >= 0.6 is 0 Å². The van der Waals surface area contributed by atoms with Crippen molar-refractivity contribution in [3.8, 4) is 17.0 Å². The average molecular weight is 398 g/mol. The van der Waals surface area contributed by atoms with E-state index in [1.165, 1.54) is 0 Å². The zero-order valence-corrected chi connectivity index (χ0v) is 16.3. The van der Waals surface area contributed by atoms with Crippen LogP contribution in [0.4, 0.5) is 0 Å². The molecule has 0 aliphatic carbocycles. The van der Waals surface area contributed by atoms with E-state index in [0.717, 1.165) is 48.5 Å². The lowest BCUT2D eigenvalue weighted by Crippen LogP contribution is -2.48. The van der Waals surface area contributed by atoms with E-state index in [9.17, 15) is 9.59 Å². The van der Waals surface area contributed by atoms with Gasteiger partial charge >= 0.3 is 0 Å². The molecule has 8 nitrogen and oxygen atoms in total. The lowest BCUT2D eigenvalue weighted by molar-refractivity contribution is -0.137. The minimum absolute atomic E-state index is 0.131. The molecule has 1 saturated heterocycles. The third-order valence-corrected chi connectivity index (χ3v) is 5.42. The van der Waals surface area contributed by atoms with E-state index in [0.29, 0.717) is 26.2 Å². The average Bonchev–Trinajstić information content (AvgIpc) is 3.41. The van der Waals surface area contributed by atoms with Gasteiger partial charge in [-0.25, -0.2) is 4.98 Å². The van der Waals surface area contributed by atoms with Gasteiger partial charge in [-0.3, -0.25) is 9.59 Å². The number of nitrogens with one attached hydrogen (secondary N) is 2. The third-order valence-electron chi connectivity index (χ3n) is 5.42. The Hall–Kier alpha value is -2.87. The standard InChI is InChI=1S/C21H26N4O4/c26-14-23-17-13-28-10-3-4-11-29-19-8-2-1-6-15(19)16-12-22-20(24-16)18-7-5-9-25(18)21(17)27/h1-2,6,8,12,14,17-18H,3-5,7,9-11,13H2,(H,22,24)(H,23,26)/t17-,18-/m0/s1. The predicted octanol–water partition coefficient (Wildman–Crippen LogP) is 2.04. The van der Waals surface area contributed by atoms with Crippen LogP contribution in [0.1, 0.15) is 37.5 Å². The van der Waals surface area contributed by atoms with Gasteiger partial charge < -0.3 is 24.7 Å². The van der Waals surface area contributed by atoms with Gasteiger partial charge in [0.15, 0.2) is 0 Å². The summed E-state index contributed by atoms with van der Waals surface area (Å²) in [6.07, 6.45) is 5.71. The first-order valence-corrected chi connectivity index (χ1v) is 10.1. The zero-order chi connectivity index (χ0) is 20.1. The normalized spacial score (nSPS) is 23.0. The Bertz CT molecular complexity index is 853. The molecule has 29 heavy (non-hydrogen) atoms. The molecule has 1 fully saturated rings. The maximum absolute atomic E-state index is 13.1. The van der Waals surface area contributed by atoms with E-state index in [1.807, 2.05) is 24.3 Å². The van der Waals surface area contributed by atoms with E-state index in [4.69, 9.17) is 9.47 Å². The van der Waals surface area contributed by atoms with Crippen LogP contribution < -0.4 is 10.1 Å². The van der Waals surface area contributed by atoms with Crippen LogP contribution in [-0.4, -0.2) is 59.6 Å². The summed E-state index contributed by atoms with van der Waals surface area (Å²) < 4.78 is 11.7. The van der Waals surface area contributed by atoms with Gasteiger partial charge in [-0.1, -0.05) is 12.1 Å². The van der Waals surface area contributed by atoms with Crippen molar-refractivity contribution >= 4 is 12.3 Å². The van der Waals surface area contributed by atoms with Crippen LogP contribution in [0.2, 0.25) is 0 Å². The number of amides is 2. The predicted molar refractivity (Wildman–Crippen MR) is 106 cm³/mol. The number of hydrogen-bond acceptors (Lipinski definition) is 5. The van der Waals surface area contributed by atoms with Crippen molar-refractivity contribution in [2.45, 2.75) is 37.8 Å². The van der Waals surface area contributed by atoms with E-state index in [1.54, 1.807) is 11.1 Å². The SMILES string of the molecule is O=CN[C@H]1COCCCCOc2ccccc2-c2cnc([nH]2)[C@@H]2CCCN2C1=O. The molecule has 2 atom stereocenters. The van der Waals surface area contributed by atoms with E-state index in [-0.39, 0.29) is 18.6 Å². The summed E-state index contributed by atoms with van der Waals surface area (Å²) in [4.78, 5) is 33.8. The number of para-hydroxylation sites is 1. The summed E-state index contributed by atoms with van der Waals surface area (Å²) >= 11 is 0. The number of aromatic amines is 1. The molecular weight excluding hydrogens is 372 g/mol. The molecule has 0 spiro atoms. The fourth-order valence-corrected chi connectivity index (χ4v) is 3.94. The molecule has 2 bridgehead atoms. The zero-order valence-electron chi connectivity index (χ0n) is 16.3. The number of carbonyl (C=O) groups excluding carboxylic acids is 2. The number of benzene rings is 1. The Balaban J connectivity index is 1.66. The number of nitrogens with zero attached hydrogens (tertiary/aromatic N) is 2. The number of H-pyrrole nitrogens is 1. The Kier molecular flexibility index (Phi) is 6.09. The van der Waals surface area contributed by atoms with Gasteiger partial charge in [-0.05, 0) is 37.8 Å². The second-order valence-corrected chi connectivity index (χ2v) is 7.34. The molecule has 2 amide bonds. The largest absolute Gasteiger partial charge is 0.493 e. The maximum atomic E-state index is 13.1. The van der Waals surface area contributed by atoms with Crippen molar-refractivity contribution in [3.05, 3.63) is 36.3 Å². The molecule has 154 valence electrons. The Morgan fingerprint density at radius 1 is 1.21 bits per heavy atom. The topological polar surface area (TPSA) is 96.6 Å². The van der Waals surface area contributed by atoms with Crippen LogP contribution in [0.3, 0.4) is 0 Å². The number of aromatic nitrogens is 2. The van der Waals surface area contributed by atoms with Crippen molar-refractivity contribution in [3.63, 3.8) is 0 Å². The van der Waals surface area contributed by atoms with Crippen molar-refractivity contribution in [2.24, 2.45) is 0 Å². The van der Waals surface area contributed by atoms with Crippen LogP contribution in [0.25, 0.3) is 11.3 Å². The highest BCUT2D eigenvalue weighted by Gasteiger charge is 2.35. The summed E-state index contributed by atoms with van der Waals surface area (Å²) in [7, 11) is 0. The lowest BCUT2D eigenvalue weighted by Gasteiger charge is -2.27. The van der Waals surface area contributed by atoms with Gasteiger partial charge in [-0.2, -0.15) is 0 Å². The number of hydrogen-bond donors (Lipinski definition) is 2. The molecule has 2 aliphatic heterocycles.